The molecule has 0 spiro atoms. The third-order valence-electron chi connectivity index (χ3n) is 2.65. The summed E-state index contributed by atoms with van der Waals surface area (Å²) in [6, 6.07) is 6.08. The third kappa shape index (κ3) is 2.62. The van der Waals surface area contributed by atoms with Gasteiger partial charge in [-0.05, 0) is 18.2 Å². The van der Waals surface area contributed by atoms with Gasteiger partial charge in [0, 0.05) is 18.7 Å². The maximum absolute atomic E-state index is 12.1. The van der Waals surface area contributed by atoms with Crippen LogP contribution in [0.5, 0.6) is 0 Å². The molecule has 0 radical (unpaired) electrons. The number of ether oxygens (including phenoxy) is 1. The lowest BCUT2D eigenvalue weighted by Gasteiger charge is -2.26. The molecule has 5 heteroatoms. The summed E-state index contributed by atoms with van der Waals surface area (Å²) in [4.78, 5) is 24.5. The molecule has 1 aliphatic rings. The molecule has 1 N–H and O–H groups in total. The van der Waals surface area contributed by atoms with E-state index in [2.05, 4.69) is 0 Å². The Labute approximate surface area is 98.6 Å². The number of carboxylic acids is 1. The second kappa shape index (κ2) is 4.97. The fourth-order valence-corrected chi connectivity index (χ4v) is 1.73. The van der Waals surface area contributed by atoms with Crippen LogP contribution in [0.2, 0.25) is 0 Å². The van der Waals surface area contributed by atoms with Crippen LogP contribution in [0.25, 0.3) is 0 Å². The van der Waals surface area contributed by atoms with E-state index in [1.165, 1.54) is 12.1 Å². The van der Waals surface area contributed by atoms with Crippen molar-refractivity contribution in [1.29, 1.82) is 0 Å². The van der Waals surface area contributed by atoms with Crippen LogP contribution in [-0.2, 0) is 4.74 Å². The van der Waals surface area contributed by atoms with Crippen LogP contribution < -0.4 is 0 Å². The van der Waals surface area contributed by atoms with Crippen molar-refractivity contribution in [2.75, 3.05) is 26.3 Å². The lowest BCUT2D eigenvalue weighted by molar-refractivity contribution is 0.0303. The number of hydrogen-bond donors (Lipinski definition) is 1. The lowest BCUT2D eigenvalue weighted by Crippen LogP contribution is -2.40. The molecule has 0 saturated carbocycles. The molecule has 1 aromatic carbocycles. The van der Waals surface area contributed by atoms with E-state index < -0.39 is 5.97 Å². The molecule has 1 aromatic rings. The SMILES string of the molecule is O=C(O)c1cccc(C(=O)N2CCOCC2)c1. The van der Waals surface area contributed by atoms with Crippen LogP contribution >= 0.6 is 0 Å². The molecule has 1 saturated heterocycles. The topological polar surface area (TPSA) is 66.8 Å². The van der Waals surface area contributed by atoms with Crippen LogP contribution in [0.1, 0.15) is 20.7 Å². The molecule has 0 aromatic heterocycles. The number of carboxylic acid groups (broad SMARTS) is 1. The highest BCUT2D eigenvalue weighted by atomic mass is 16.5. The zero-order valence-corrected chi connectivity index (χ0v) is 9.26. The molecule has 1 amide bonds. The number of aromatic carboxylic acids is 1. The first kappa shape index (κ1) is 11.6. The average molecular weight is 235 g/mol. The number of carbonyl (C=O) groups is 2. The summed E-state index contributed by atoms with van der Waals surface area (Å²) >= 11 is 0. The Balaban J connectivity index is 2.18. The summed E-state index contributed by atoms with van der Waals surface area (Å²) < 4.78 is 5.16. The minimum atomic E-state index is -1.03. The molecular formula is C12H13NO4. The first-order valence-corrected chi connectivity index (χ1v) is 5.39. The zero-order chi connectivity index (χ0) is 12.3. The Bertz CT molecular complexity index is 438. The Morgan fingerprint density at radius 3 is 2.47 bits per heavy atom. The summed E-state index contributed by atoms with van der Waals surface area (Å²) in [7, 11) is 0. The van der Waals surface area contributed by atoms with Gasteiger partial charge in [0.15, 0.2) is 0 Å². The van der Waals surface area contributed by atoms with Gasteiger partial charge in [0.25, 0.3) is 5.91 Å². The molecule has 2 rings (SSSR count). The average Bonchev–Trinajstić information content (AvgIpc) is 2.39. The van der Waals surface area contributed by atoms with Crippen molar-refractivity contribution < 1.29 is 19.4 Å². The highest BCUT2D eigenvalue weighted by Crippen LogP contribution is 2.10. The van der Waals surface area contributed by atoms with Gasteiger partial charge in [-0.1, -0.05) is 6.07 Å². The first-order valence-electron chi connectivity index (χ1n) is 5.39. The molecule has 1 heterocycles. The molecule has 0 aliphatic carbocycles. The Morgan fingerprint density at radius 2 is 1.82 bits per heavy atom. The monoisotopic (exact) mass is 235 g/mol. The van der Waals surface area contributed by atoms with Gasteiger partial charge in [-0.15, -0.1) is 0 Å². The molecule has 0 bridgehead atoms. The van der Waals surface area contributed by atoms with Crippen molar-refractivity contribution in [3.63, 3.8) is 0 Å². The van der Waals surface area contributed by atoms with Gasteiger partial charge in [-0.2, -0.15) is 0 Å². The molecule has 0 atom stereocenters. The van der Waals surface area contributed by atoms with Gasteiger partial charge < -0.3 is 14.7 Å². The summed E-state index contributed by atoms with van der Waals surface area (Å²) in [5, 5.41) is 8.86. The molecular weight excluding hydrogens is 222 g/mol. The predicted molar refractivity (Wildman–Crippen MR) is 60.1 cm³/mol. The fraction of sp³-hybridized carbons (Fsp3) is 0.333. The number of hydrogen-bond acceptors (Lipinski definition) is 3. The van der Waals surface area contributed by atoms with Crippen molar-refractivity contribution in [3.05, 3.63) is 35.4 Å². The number of benzene rings is 1. The largest absolute Gasteiger partial charge is 0.478 e. The second-order valence-electron chi connectivity index (χ2n) is 3.79. The quantitative estimate of drug-likeness (QED) is 0.825. The normalized spacial score (nSPS) is 15.6. The second-order valence-corrected chi connectivity index (χ2v) is 3.79. The van der Waals surface area contributed by atoms with Crippen molar-refractivity contribution in [3.8, 4) is 0 Å². The van der Waals surface area contributed by atoms with E-state index in [1.54, 1.807) is 17.0 Å². The first-order chi connectivity index (χ1) is 8.18. The maximum Gasteiger partial charge on any atom is 0.335 e. The minimum absolute atomic E-state index is 0.129. The molecule has 90 valence electrons. The van der Waals surface area contributed by atoms with Crippen molar-refractivity contribution >= 4 is 11.9 Å². The van der Waals surface area contributed by atoms with E-state index in [-0.39, 0.29) is 11.5 Å². The van der Waals surface area contributed by atoms with Gasteiger partial charge in [-0.3, -0.25) is 4.79 Å². The van der Waals surface area contributed by atoms with Crippen LogP contribution in [0.4, 0.5) is 0 Å². The van der Waals surface area contributed by atoms with Gasteiger partial charge in [0.2, 0.25) is 0 Å². The summed E-state index contributed by atoms with van der Waals surface area (Å²) in [5.41, 5.74) is 0.538. The van der Waals surface area contributed by atoms with Gasteiger partial charge in [0.05, 0.1) is 18.8 Å². The predicted octanol–water partition coefficient (Wildman–Crippen LogP) is 0.857. The molecule has 5 nitrogen and oxygen atoms in total. The van der Waals surface area contributed by atoms with E-state index in [0.29, 0.717) is 31.9 Å². The number of carbonyl (C=O) groups excluding carboxylic acids is 1. The Morgan fingerprint density at radius 1 is 1.18 bits per heavy atom. The van der Waals surface area contributed by atoms with Crippen LogP contribution in [0.3, 0.4) is 0 Å². The molecule has 0 unspecified atom stereocenters. The smallest absolute Gasteiger partial charge is 0.335 e. The van der Waals surface area contributed by atoms with Gasteiger partial charge in [-0.25, -0.2) is 4.79 Å². The Hall–Kier alpha value is -1.88. The van der Waals surface area contributed by atoms with E-state index in [9.17, 15) is 9.59 Å². The lowest BCUT2D eigenvalue weighted by atomic mass is 10.1. The van der Waals surface area contributed by atoms with Crippen molar-refractivity contribution in [1.82, 2.24) is 4.90 Å². The van der Waals surface area contributed by atoms with E-state index in [1.807, 2.05) is 0 Å². The van der Waals surface area contributed by atoms with Crippen molar-refractivity contribution in [2.24, 2.45) is 0 Å². The maximum atomic E-state index is 12.1. The zero-order valence-electron chi connectivity index (χ0n) is 9.26. The van der Waals surface area contributed by atoms with Crippen LogP contribution in [0, 0.1) is 0 Å². The highest BCUT2D eigenvalue weighted by Gasteiger charge is 2.19. The Kier molecular flexibility index (Phi) is 3.39. The van der Waals surface area contributed by atoms with E-state index >= 15 is 0 Å². The van der Waals surface area contributed by atoms with Crippen LogP contribution in [0.15, 0.2) is 24.3 Å². The molecule has 17 heavy (non-hydrogen) atoms. The number of amides is 1. The van der Waals surface area contributed by atoms with Crippen LogP contribution in [-0.4, -0.2) is 48.2 Å². The molecule has 1 aliphatic heterocycles. The summed E-state index contributed by atoms with van der Waals surface area (Å²) in [6.07, 6.45) is 0. The number of morpholine rings is 1. The number of nitrogens with zero attached hydrogens (tertiary/aromatic N) is 1. The van der Waals surface area contributed by atoms with E-state index in [0.717, 1.165) is 0 Å². The summed E-state index contributed by atoms with van der Waals surface area (Å²) in [5.74, 6) is -1.17. The van der Waals surface area contributed by atoms with Crippen molar-refractivity contribution in [2.45, 2.75) is 0 Å². The molecule has 1 fully saturated rings. The third-order valence-corrected chi connectivity index (χ3v) is 2.65. The highest BCUT2D eigenvalue weighted by molar-refractivity contribution is 5.97. The fourth-order valence-electron chi connectivity index (χ4n) is 1.73. The minimum Gasteiger partial charge on any atom is -0.478 e. The van der Waals surface area contributed by atoms with E-state index in [4.69, 9.17) is 9.84 Å². The van der Waals surface area contributed by atoms with Gasteiger partial charge in [0.1, 0.15) is 0 Å². The summed E-state index contributed by atoms with van der Waals surface area (Å²) in [6.45, 7) is 2.17. The standard InChI is InChI=1S/C12H13NO4/c14-11(13-4-6-17-7-5-13)9-2-1-3-10(8-9)12(15)16/h1-3,8H,4-7H2,(H,15,16). The number of rotatable bonds is 2. The van der Waals surface area contributed by atoms with Gasteiger partial charge >= 0.3 is 5.97 Å².